The second-order valence-electron chi connectivity index (χ2n) is 4.06. The van der Waals surface area contributed by atoms with Crippen molar-refractivity contribution in [3.63, 3.8) is 0 Å². The summed E-state index contributed by atoms with van der Waals surface area (Å²) < 4.78 is 28.2. The van der Waals surface area contributed by atoms with Gasteiger partial charge < -0.3 is 10.1 Å². The van der Waals surface area contributed by atoms with E-state index < -0.39 is 15.9 Å². The van der Waals surface area contributed by atoms with Crippen LogP contribution in [0.1, 0.15) is 6.42 Å². The van der Waals surface area contributed by atoms with Crippen LogP contribution >= 0.6 is 15.9 Å². The fourth-order valence-corrected chi connectivity index (χ4v) is 3.77. The average Bonchev–Trinajstić information content (AvgIpc) is 2.61. The Bertz CT molecular complexity index is 558. The number of amides is 1. The predicted molar refractivity (Wildman–Crippen MR) is 70.4 cm³/mol. The molecule has 1 aliphatic heterocycles. The zero-order chi connectivity index (χ0) is 13.2. The summed E-state index contributed by atoms with van der Waals surface area (Å²) in [5.41, 5.74) is 0. The number of carbonyl (C=O) groups excluding carboxylic acids is 1. The van der Waals surface area contributed by atoms with Gasteiger partial charge in [-0.1, -0.05) is 12.1 Å². The number of hydrogen-bond acceptors (Lipinski definition) is 4. The fraction of sp³-hybridized carbons (Fsp3) is 0.364. The highest BCUT2D eigenvalue weighted by atomic mass is 79.9. The van der Waals surface area contributed by atoms with Crippen LogP contribution in [0.3, 0.4) is 0 Å². The molecule has 1 unspecified atom stereocenters. The monoisotopic (exact) mass is 333 g/mol. The number of carbonyl (C=O) groups is 1. The van der Waals surface area contributed by atoms with Gasteiger partial charge in [-0.25, -0.2) is 13.2 Å². The van der Waals surface area contributed by atoms with Crippen LogP contribution < -0.4 is 10.1 Å². The summed E-state index contributed by atoms with van der Waals surface area (Å²) in [4.78, 5) is 11.6. The van der Waals surface area contributed by atoms with E-state index in [1.54, 1.807) is 24.3 Å². The number of ether oxygens (including phenoxy) is 1. The Labute approximate surface area is 114 Å². The molecule has 0 saturated carbocycles. The van der Waals surface area contributed by atoms with E-state index in [0.717, 1.165) is 0 Å². The van der Waals surface area contributed by atoms with Crippen LogP contribution in [0.4, 0.5) is 4.79 Å². The molecular weight excluding hydrogens is 322 g/mol. The van der Waals surface area contributed by atoms with E-state index in [9.17, 15) is 13.2 Å². The predicted octanol–water partition coefficient (Wildman–Crippen LogP) is 1.72. The molecule has 0 aromatic heterocycles. The molecular formula is C11H12BrNO4S. The van der Waals surface area contributed by atoms with Crippen LogP contribution in [0.2, 0.25) is 0 Å². The van der Waals surface area contributed by atoms with E-state index in [4.69, 9.17) is 4.74 Å². The van der Waals surface area contributed by atoms with Gasteiger partial charge in [0.25, 0.3) is 0 Å². The molecule has 1 aliphatic rings. The number of para-hydroxylation sites is 1. The average molecular weight is 334 g/mol. The molecule has 18 heavy (non-hydrogen) atoms. The van der Waals surface area contributed by atoms with Gasteiger partial charge in [-0.05, 0) is 34.5 Å². The normalized spacial score (nSPS) is 21.5. The Kier molecular flexibility index (Phi) is 3.91. The summed E-state index contributed by atoms with van der Waals surface area (Å²) >= 11 is 3.25. The van der Waals surface area contributed by atoms with Crippen molar-refractivity contribution in [3.8, 4) is 5.75 Å². The highest BCUT2D eigenvalue weighted by molar-refractivity contribution is 9.10. The summed E-state index contributed by atoms with van der Waals surface area (Å²) in [7, 11) is -3.00. The Morgan fingerprint density at radius 3 is 2.72 bits per heavy atom. The van der Waals surface area contributed by atoms with Crippen LogP contribution in [0.15, 0.2) is 28.7 Å². The van der Waals surface area contributed by atoms with Crippen molar-refractivity contribution in [1.82, 2.24) is 5.32 Å². The molecule has 0 radical (unpaired) electrons. The molecule has 7 heteroatoms. The van der Waals surface area contributed by atoms with Gasteiger partial charge in [0.2, 0.25) is 0 Å². The van der Waals surface area contributed by atoms with Gasteiger partial charge in [-0.15, -0.1) is 0 Å². The lowest BCUT2D eigenvalue weighted by Gasteiger charge is -2.11. The van der Waals surface area contributed by atoms with E-state index >= 15 is 0 Å². The quantitative estimate of drug-likeness (QED) is 0.894. The minimum absolute atomic E-state index is 0.0158. The molecule has 1 atom stereocenters. The second-order valence-corrected chi connectivity index (χ2v) is 7.15. The van der Waals surface area contributed by atoms with Crippen LogP contribution in [-0.4, -0.2) is 32.1 Å². The second kappa shape index (κ2) is 5.27. The molecule has 1 amide bonds. The van der Waals surface area contributed by atoms with Gasteiger partial charge in [0.05, 0.1) is 16.0 Å². The minimum atomic E-state index is -3.00. The molecule has 98 valence electrons. The van der Waals surface area contributed by atoms with Crippen molar-refractivity contribution in [1.29, 1.82) is 0 Å². The first-order valence-corrected chi connectivity index (χ1v) is 8.01. The van der Waals surface area contributed by atoms with E-state index in [-0.39, 0.29) is 17.5 Å². The number of sulfone groups is 1. The fourth-order valence-electron chi connectivity index (χ4n) is 1.73. The Balaban J connectivity index is 1.92. The largest absolute Gasteiger partial charge is 0.412 e. The molecule has 1 heterocycles. The van der Waals surface area contributed by atoms with Crippen molar-refractivity contribution >= 4 is 31.9 Å². The van der Waals surface area contributed by atoms with Crippen molar-refractivity contribution in [2.75, 3.05) is 11.5 Å². The van der Waals surface area contributed by atoms with Crippen molar-refractivity contribution in [2.45, 2.75) is 12.5 Å². The molecule has 2 rings (SSSR count). The van der Waals surface area contributed by atoms with Gasteiger partial charge in [-0.3, -0.25) is 0 Å². The molecule has 0 aliphatic carbocycles. The smallest absolute Gasteiger partial charge is 0.409 e. The van der Waals surface area contributed by atoms with Crippen molar-refractivity contribution < 1.29 is 17.9 Å². The van der Waals surface area contributed by atoms with Crippen LogP contribution in [0, 0.1) is 0 Å². The Morgan fingerprint density at radius 2 is 2.11 bits per heavy atom. The van der Waals surface area contributed by atoms with Gasteiger partial charge >= 0.3 is 6.09 Å². The standard InChI is InChI=1S/C11H12BrNO4S/c12-9-3-1-2-4-10(9)17-11(14)13-8-5-6-18(15,16)7-8/h1-4,8H,5-7H2,(H,13,14). The number of benzene rings is 1. The van der Waals surface area contributed by atoms with Crippen molar-refractivity contribution in [2.24, 2.45) is 0 Å². The maximum atomic E-state index is 11.6. The Hall–Kier alpha value is -1.08. The lowest BCUT2D eigenvalue weighted by molar-refractivity contribution is 0.197. The molecule has 1 N–H and O–H groups in total. The first kappa shape index (κ1) is 13.4. The molecule has 1 saturated heterocycles. The van der Waals surface area contributed by atoms with Gasteiger partial charge in [-0.2, -0.15) is 0 Å². The zero-order valence-electron chi connectivity index (χ0n) is 9.43. The van der Waals surface area contributed by atoms with E-state index in [1.165, 1.54) is 0 Å². The van der Waals surface area contributed by atoms with Gasteiger partial charge in [0.1, 0.15) is 5.75 Å². The summed E-state index contributed by atoms with van der Waals surface area (Å²) in [6.07, 6.45) is -0.197. The SMILES string of the molecule is O=C(NC1CCS(=O)(=O)C1)Oc1ccccc1Br. The first-order chi connectivity index (χ1) is 8.46. The van der Waals surface area contributed by atoms with E-state index in [2.05, 4.69) is 21.2 Å². The van der Waals surface area contributed by atoms with Crippen LogP contribution in [0.5, 0.6) is 5.75 Å². The number of nitrogens with one attached hydrogen (secondary N) is 1. The zero-order valence-corrected chi connectivity index (χ0v) is 11.8. The summed E-state index contributed by atoms with van der Waals surface area (Å²) in [5, 5.41) is 2.55. The first-order valence-electron chi connectivity index (χ1n) is 5.39. The molecule has 1 fully saturated rings. The molecule has 5 nitrogen and oxygen atoms in total. The van der Waals surface area contributed by atoms with Gasteiger partial charge in [0, 0.05) is 6.04 Å². The number of hydrogen-bond donors (Lipinski definition) is 1. The molecule has 0 bridgehead atoms. The highest BCUT2D eigenvalue weighted by Gasteiger charge is 2.29. The number of rotatable bonds is 2. The van der Waals surface area contributed by atoms with Crippen molar-refractivity contribution in [3.05, 3.63) is 28.7 Å². The third-order valence-electron chi connectivity index (χ3n) is 2.59. The molecule has 1 aromatic carbocycles. The Morgan fingerprint density at radius 1 is 1.39 bits per heavy atom. The summed E-state index contributed by atoms with van der Waals surface area (Å²) in [6.45, 7) is 0. The third-order valence-corrected chi connectivity index (χ3v) is 5.02. The minimum Gasteiger partial charge on any atom is -0.409 e. The third kappa shape index (κ3) is 3.46. The lowest BCUT2D eigenvalue weighted by atomic mass is 10.3. The van der Waals surface area contributed by atoms with E-state index in [0.29, 0.717) is 16.6 Å². The summed E-state index contributed by atoms with van der Waals surface area (Å²) in [5.74, 6) is 0.501. The maximum Gasteiger partial charge on any atom is 0.412 e. The van der Waals surface area contributed by atoms with Crippen LogP contribution in [0.25, 0.3) is 0 Å². The highest BCUT2D eigenvalue weighted by Crippen LogP contribution is 2.24. The van der Waals surface area contributed by atoms with Gasteiger partial charge in [0.15, 0.2) is 9.84 Å². The van der Waals surface area contributed by atoms with Crippen LogP contribution in [-0.2, 0) is 9.84 Å². The lowest BCUT2D eigenvalue weighted by Crippen LogP contribution is -2.37. The summed E-state index contributed by atoms with van der Waals surface area (Å²) in [6, 6.07) is 6.59. The molecule has 0 spiro atoms. The number of halogens is 1. The molecule has 1 aromatic rings. The maximum absolute atomic E-state index is 11.6. The topological polar surface area (TPSA) is 72.5 Å². The van der Waals surface area contributed by atoms with E-state index in [1.807, 2.05) is 0 Å².